The molecule has 0 saturated heterocycles. The summed E-state index contributed by atoms with van der Waals surface area (Å²) in [5, 5.41) is 9.74. The Morgan fingerprint density at radius 1 is 0.583 bits per heavy atom. The average Bonchev–Trinajstić information content (AvgIpc) is 4.13. The third-order valence-corrected chi connectivity index (χ3v) is 12.5. The van der Waals surface area contributed by atoms with Crippen molar-refractivity contribution < 1.29 is 5.11 Å². The van der Waals surface area contributed by atoms with Crippen LogP contribution in [-0.2, 0) is 12.8 Å². The van der Waals surface area contributed by atoms with Crippen LogP contribution in [0.1, 0.15) is 361 Å². The molecule has 0 radical (unpaired) electrons. The number of aromatic amines is 1. The first-order chi connectivity index (χ1) is 37.4. The normalized spacial score (nSPS) is 9.99. The number of thioether (sulfide) groups is 1. The standard InChI is InChI=1S/C11H13N.C10H14.C9H20N2.C7H11N.2C6H14.C5H12.C4H10O.C4H10S.2C4H10.C2H6.6CH4/c1-2-5-9-8-12-11-7-4-3-6-10(9)11;1-3-4-10-7-5-9(2)6-8-10;1-3-4-5-6-7-8-11-9(2)10;1-2-4-7-5-3-6-8-7;1-4-5-6(2)3;1-4-6(3)5-2;1-3-5-4-2;1-3-4(2)5;1-3-4-5-2;2*1-3-4-2;1-2;;;;;;/h3-4,6-8,12H,2,5H2,1H3;5-8H,3-4H2,1-2H3;3-8H2,1-2H3,(H2,10,11);5-6H,2-4H2,1H3;2*6H,4-5H2,1-3H3;3-5H2,1-2H3;4-5H,3H2,1-2H3;3-4H2,1-2H3;2*3-4H2,1-2H3;1-2H3;6*1H4. The Morgan fingerprint density at radius 2 is 1.05 bits per heavy atom. The first-order valence-corrected chi connectivity index (χ1v) is 34.1. The summed E-state index contributed by atoms with van der Waals surface area (Å²) >= 11 is 1.90. The number of nitrogens with two attached hydrogens (primary N) is 1. The number of fused-ring (bicyclic) bond motifs is 1. The molecule has 2 heterocycles. The van der Waals surface area contributed by atoms with Crippen molar-refractivity contribution in [2.24, 2.45) is 27.6 Å². The van der Waals surface area contributed by atoms with Crippen molar-refractivity contribution in [3.63, 3.8) is 0 Å². The number of hydrogen-bond donors (Lipinski definition) is 3. The number of nitrogens with zero attached hydrogens (tertiary/aromatic N) is 2. The Kier molecular flexibility index (Phi) is 145. The number of rotatable bonds is 23. The minimum atomic E-state index is -0.116. The Labute approximate surface area is 541 Å². The summed E-state index contributed by atoms with van der Waals surface area (Å²) in [6, 6.07) is 17.2. The summed E-state index contributed by atoms with van der Waals surface area (Å²) in [7, 11) is 0. The van der Waals surface area contributed by atoms with Gasteiger partial charge in [-0.3, -0.25) is 9.98 Å². The lowest BCUT2D eigenvalue weighted by Crippen LogP contribution is -2.05. The summed E-state index contributed by atoms with van der Waals surface area (Å²) in [4.78, 5) is 11.6. The molecule has 512 valence electrons. The predicted molar refractivity (Wildman–Crippen MR) is 413 cm³/mol. The molecular formula is C78H168N4OS. The molecule has 1 aliphatic rings. The van der Waals surface area contributed by atoms with E-state index in [1.54, 1.807) is 6.92 Å². The molecule has 0 bridgehead atoms. The second-order valence-electron chi connectivity index (χ2n) is 20.5. The third kappa shape index (κ3) is 110. The van der Waals surface area contributed by atoms with Crippen LogP contribution in [0.2, 0.25) is 0 Å². The van der Waals surface area contributed by atoms with Crippen LogP contribution in [0, 0.1) is 18.8 Å². The fraction of sp³-hybridized carbons (Fsp3) is 0.769. The van der Waals surface area contributed by atoms with Gasteiger partial charge in [-0.05, 0) is 100 Å². The summed E-state index contributed by atoms with van der Waals surface area (Å²) in [6.45, 7) is 50.2. The molecule has 1 unspecified atom stereocenters. The predicted octanol–water partition coefficient (Wildman–Crippen LogP) is 28.6. The van der Waals surface area contributed by atoms with Crippen LogP contribution in [-0.4, -0.2) is 46.8 Å². The number of H-pyrrole nitrogens is 1. The average molecular weight is 1210 g/mol. The first-order valence-electron chi connectivity index (χ1n) is 32.7. The van der Waals surface area contributed by atoms with E-state index in [9.17, 15) is 0 Å². The molecular weight excluding hydrogens is 1040 g/mol. The Bertz CT molecular complexity index is 1520. The molecule has 2 aromatic carbocycles. The van der Waals surface area contributed by atoms with Crippen molar-refractivity contribution in [1.82, 2.24) is 4.98 Å². The van der Waals surface area contributed by atoms with Crippen LogP contribution in [0.15, 0.2) is 76.5 Å². The number of aliphatic hydroxyl groups is 1. The van der Waals surface area contributed by atoms with Crippen LogP contribution < -0.4 is 5.73 Å². The summed E-state index contributed by atoms with van der Waals surface area (Å²) in [5.74, 6) is 3.85. The molecule has 5 nitrogen and oxygen atoms in total. The quantitative estimate of drug-likeness (QED) is 0.0502. The van der Waals surface area contributed by atoms with Crippen LogP contribution >= 0.6 is 11.8 Å². The van der Waals surface area contributed by atoms with Crippen molar-refractivity contribution in [3.8, 4) is 0 Å². The maximum atomic E-state index is 8.36. The number of aryl methyl sites for hydroxylation is 3. The van der Waals surface area contributed by atoms with E-state index in [-0.39, 0.29) is 50.7 Å². The first kappa shape index (κ1) is 116. The lowest BCUT2D eigenvalue weighted by molar-refractivity contribution is 0.191. The second kappa shape index (κ2) is 105. The van der Waals surface area contributed by atoms with Gasteiger partial charge in [-0.2, -0.15) is 11.8 Å². The fourth-order valence-corrected chi connectivity index (χ4v) is 6.29. The van der Waals surface area contributed by atoms with Gasteiger partial charge in [-0.15, -0.1) is 0 Å². The molecule has 4 N–H and O–H groups in total. The summed E-state index contributed by atoms with van der Waals surface area (Å²) in [6.07, 6.45) is 39.9. The van der Waals surface area contributed by atoms with E-state index in [1.807, 2.05) is 45.7 Å². The molecule has 4 rings (SSSR count). The van der Waals surface area contributed by atoms with Crippen molar-refractivity contribution in [2.45, 2.75) is 370 Å². The van der Waals surface area contributed by atoms with Crippen LogP contribution in [0.5, 0.6) is 0 Å². The van der Waals surface area contributed by atoms with Crippen LogP contribution in [0.3, 0.4) is 0 Å². The molecule has 1 aromatic heterocycles. The van der Waals surface area contributed by atoms with Gasteiger partial charge in [0.2, 0.25) is 0 Å². The van der Waals surface area contributed by atoms with Crippen molar-refractivity contribution in [3.05, 3.63) is 83.2 Å². The number of benzene rings is 2. The maximum absolute atomic E-state index is 8.36. The number of aliphatic imine (C=N–C) groups is 2. The number of allylic oxidation sites excluding steroid dienone is 2. The topological polar surface area (TPSA) is 86.8 Å². The van der Waals surface area contributed by atoms with Gasteiger partial charge in [-0.1, -0.05) is 353 Å². The largest absolute Gasteiger partial charge is 0.393 e. The highest BCUT2D eigenvalue weighted by molar-refractivity contribution is 7.98. The SMILES string of the molecule is C.C.C.C.C.C.CC.CCC(C)CC.CCC(C)O.CCCC.CCCC.CCCC(C)C.CCCC1=CCC=N1.CCCCC.CCCCCCCN=C(C)N.CCCSC.CCCc1c[nH]c2ccccc12.CCCc1ccc(C)cc1. The summed E-state index contributed by atoms with van der Waals surface area (Å²) in [5.41, 5.74) is 12.1. The van der Waals surface area contributed by atoms with Gasteiger partial charge in [-0.25, -0.2) is 0 Å². The maximum Gasteiger partial charge on any atom is 0.0905 e. The minimum absolute atomic E-state index is 0. The van der Waals surface area contributed by atoms with Gasteiger partial charge in [0.15, 0.2) is 0 Å². The van der Waals surface area contributed by atoms with Gasteiger partial charge in [0, 0.05) is 42.0 Å². The van der Waals surface area contributed by atoms with E-state index in [0.29, 0.717) is 5.84 Å². The molecule has 0 amide bonds. The fourth-order valence-electron chi connectivity index (χ4n) is 5.88. The van der Waals surface area contributed by atoms with Gasteiger partial charge >= 0.3 is 0 Å². The van der Waals surface area contributed by atoms with Gasteiger partial charge < -0.3 is 15.8 Å². The van der Waals surface area contributed by atoms with Crippen molar-refractivity contribution >= 4 is 34.7 Å². The van der Waals surface area contributed by atoms with Crippen molar-refractivity contribution in [1.29, 1.82) is 0 Å². The summed E-state index contributed by atoms with van der Waals surface area (Å²) < 4.78 is 0. The van der Waals surface area contributed by atoms with E-state index in [1.165, 1.54) is 180 Å². The monoisotopic (exact) mass is 1210 g/mol. The highest BCUT2D eigenvalue weighted by atomic mass is 32.2. The smallest absolute Gasteiger partial charge is 0.0905 e. The molecule has 0 spiro atoms. The van der Waals surface area contributed by atoms with E-state index in [0.717, 1.165) is 37.6 Å². The van der Waals surface area contributed by atoms with Crippen LogP contribution in [0.4, 0.5) is 0 Å². The molecule has 0 saturated carbocycles. The highest BCUT2D eigenvalue weighted by Crippen LogP contribution is 2.18. The molecule has 1 aliphatic heterocycles. The Morgan fingerprint density at radius 3 is 1.35 bits per heavy atom. The minimum Gasteiger partial charge on any atom is -0.393 e. The van der Waals surface area contributed by atoms with Gasteiger partial charge in [0.1, 0.15) is 0 Å². The van der Waals surface area contributed by atoms with E-state index in [4.69, 9.17) is 10.8 Å². The number of nitrogens with one attached hydrogen (secondary N) is 1. The van der Waals surface area contributed by atoms with E-state index >= 15 is 0 Å². The zero-order chi connectivity index (χ0) is 61.5. The number of para-hydroxylation sites is 1. The number of unbranched alkanes of at least 4 members (excludes halogenated alkanes) is 8. The zero-order valence-electron chi connectivity index (χ0n) is 57.5. The molecule has 6 heteroatoms. The molecule has 3 aromatic rings. The number of aliphatic hydroxyl groups excluding tert-OH is 1. The number of aromatic nitrogens is 1. The molecule has 84 heavy (non-hydrogen) atoms. The number of amidine groups is 1. The highest BCUT2D eigenvalue weighted by Gasteiger charge is 2.00. The lowest BCUT2D eigenvalue weighted by atomic mass is 10.1. The second-order valence-corrected chi connectivity index (χ2v) is 21.5. The van der Waals surface area contributed by atoms with Crippen molar-refractivity contribution in [2.75, 3.05) is 18.6 Å². The Hall–Kier alpha value is -2.83. The molecule has 0 aliphatic carbocycles. The third-order valence-electron chi connectivity index (χ3n) is 11.7. The van der Waals surface area contributed by atoms with Crippen LogP contribution in [0.25, 0.3) is 10.9 Å². The Balaban J connectivity index is -0.0000000540. The van der Waals surface area contributed by atoms with Gasteiger partial charge in [0.05, 0.1) is 11.9 Å². The van der Waals surface area contributed by atoms with E-state index < -0.39 is 0 Å². The zero-order valence-corrected chi connectivity index (χ0v) is 58.3. The lowest BCUT2D eigenvalue weighted by Gasteiger charge is -1.98. The molecule has 1 atom stereocenters. The number of hydrogen-bond acceptors (Lipinski definition) is 4. The van der Waals surface area contributed by atoms with Gasteiger partial charge in [0.25, 0.3) is 0 Å². The molecule has 0 fully saturated rings. The van der Waals surface area contributed by atoms with E-state index in [2.05, 4.69) is 207 Å².